The van der Waals surface area contributed by atoms with E-state index in [1.54, 1.807) is 18.6 Å². The molecule has 96 valence electrons. The second-order valence-electron chi connectivity index (χ2n) is 4.18. The summed E-state index contributed by atoms with van der Waals surface area (Å²) in [6.45, 7) is 2.79. The average molecular weight is 268 g/mol. The number of aromatic nitrogens is 2. The molecule has 2 N–H and O–H groups in total. The van der Waals surface area contributed by atoms with Crippen molar-refractivity contribution < 1.29 is 4.39 Å². The Labute approximate surface area is 110 Å². The van der Waals surface area contributed by atoms with Crippen molar-refractivity contribution in [2.45, 2.75) is 19.4 Å². The van der Waals surface area contributed by atoms with E-state index >= 15 is 0 Å². The van der Waals surface area contributed by atoms with Crippen LogP contribution in [-0.2, 0) is 6.42 Å². The van der Waals surface area contributed by atoms with Crippen LogP contribution in [0.2, 0.25) is 5.02 Å². The fourth-order valence-corrected chi connectivity index (χ4v) is 1.86. The number of aromatic amines is 1. The molecule has 0 aliphatic rings. The van der Waals surface area contributed by atoms with Gasteiger partial charge >= 0.3 is 0 Å². The largest absolute Gasteiger partial charge is 0.348 e. The van der Waals surface area contributed by atoms with Gasteiger partial charge in [-0.2, -0.15) is 0 Å². The SMILES string of the molecule is CC(NCCc1cnc[nH]1)c1ccc(Cl)c(F)c1. The summed E-state index contributed by atoms with van der Waals surface area (Å²) in [4.78, 5) is 6.99. The number of H-pyrrole nitrogens is 1. The number of benzene rings is 1. The van der Waals surface area contributed by atoms with Crippen LogP contribution in [0.15, 0.2) is 30.7 Å². The number of hydrogen-bond acceptors (Lipinski definition) is 2. The summed E-state index contributed by atoms with van der Waals surface area (Å²) >= 11 is 5.65. The van der Waals surface area contributed by atoms with Gasteiger partial charge in [0.05, 0.1) is 11.3 Å². The van der Waals surface area contributed by atoms with Crippen molar-refractivity contribution in [3.05, 3.63) is 52.8 Å². The molecule has 5 heteroatoms. The molecule has 2 aromatic rings. The van der Waals surface area contributed by atoms with Gasteiger partial charge in [0.1, 0.15) is 5.82 Å². The number of hydrogen-bond donors (Lipinski definition) is 2. The van der Waals surface area contributed by atoms with Gasteiger partial charge in [-0.3, -0.25) is 0 Å². The monoisotopic (exact) mass is 267 g/mol. The van der Waals surface area contributed by atoms with E-state index in [1.807, 2.05) is 13.0 Å². The van der Waals surface area contributed by atoms with Crippen molar-refractivity contribution in [1.82, 2.24) is 15.3 Å². The minimum absolute atomic E-state index is 0.0830. The molecule has 1 aromatic carbocycles. The lowest BCUT2D eigenvalue weighted by molar-refractivity contribution is 0.565. The van der Waals surface area contributed by atoms with Crippen LogP contribution in [0.1, 0.15) is 24.2 Å². The molecular weight excluding hydrogens is 253 g/mol. The Bertz CT molecular complexity index is 499. The summed E-state index contributed by atoms with van der Waals surface area (Å²) in [5.41, 5.74) is 1.97. The third-order valence-electron chi connectivity index (χ3n) is 2.84. The molecule has 0 aliphatic heterocycles. The van der Waals surface area contributed by atoms with Crippen molar-refractivity contribution in [2.24, 2.45) is 0 Å². The van der Waals surface area contributed by atoms with E-state index in [1.165, 1.54) is 6.07 Å². The lowest BCUT2D eigenvalue weighted by Crippen LogP contribution is -2.21. The Kier molecular flexibility index (Phi) is 4.33. The molecule has 18 heavy (non-hydrogen) atoms. The Morgan fingerprint density at radius 2 is 2.33 bits per heavy atom. The van der Waals surface area contributed by atoms with Gasteiger partial charge in [-0.25, -0.2) is 9.37 Å². The van der Waals surface area contributed by atoms with Crippen LogP contribution in [0, 0.1) is 5.82 Å². The molecule has 0 saturated carbocycles. The highest BCUT2D eigenvalue weighted by Crippen LogP contribution is 2.19. The average Bonchev–Trinajstić information content (AvgIpc) is 2.85. The lowest BCUT2D eigenvalue weighted by Gasteiger charge is -2.14. The molecule has 0 fully saturated rings. The molecule has 0 radical (unpaired) electrons. The van der Waals surface area contributed by atoms with Crippen LogP contribution in [0.5, 0.6) is 0 Å². The third-order valence-corrected chi connectivity index (χ3v) is 3.15. The van der Waals surface area contributed by atoms with E-state index in [2.05, 4.69) is 15.3 Å². The molecule has 0 spiro atoms. The Morgan fingerprint density at radius 1 is 1.50 bits per heavy atom. The highest BCUT2D eigenvalue weighted by Gasteiger charge is 2.07. The van der Waals surface area contributed by atoms with E-state index in [0.29, 0.717) is 0 Å². The van der Waals surface area contributed by atoms with Crippen molar-refractivity contribution in [3.63, 3.8) is 0 Å². The van der Waals surface area contributed by atoms with E-state index in [-0.39, 0.29) is 16.9 Å². The fraction of sp³-hybridized carbons (Fsp3) is 0.308. The number of halogens is 2. The maximum absolute atomic E-state index is 13.3. The summed E-state index contributed by atoms with van der Waals surface area (Å²) in [6, 6.07) is 4.97. The number of nitrogens with one attached hydrogen (secondary N) is 2. The first kappa shape index (κ1) is 13.1. The fourth-order valence-electron chi connectivity index (χ4n) is 1.74. The zero-order valence-corrected chi connectivity index (χ0v) is 10.8. The van der Waals surface area contributed by atoms with Crippen molar-refractivity contribution in [3.8, 4) is 0 Å². The van der Waals surface area contributed by atoms with Gasteiger partial charge in [0.25, 0.3) is 0 Å². The van der Waals surface area contributed by atoms with Gasteiger partial charge in [0, 0.05) is 30.9 Å². The highest BCUT2D eigenvalue weighted by molar-refractivity contribution is 6.30. The lowest BCUT2D eigenvalue weighted by atomic mass is 10.1. The van der Waals surface area contributed by atoms with E-state index in [0.717, 1.165) is 24.2 Å². The van der Waals surface area contributed by atoms with Crippen LogP contribution in [0.25, 0.3) is 0 Å². The number of rotatable bonds is 5. The molecule has 1 unspecified atom stereocenters. The van der Waals surface area contributed by atoms with Crippen LogP contribution in [0.4, 0.5) is 4.39 Å². The van der Waals surface area contributed by atoms with Crippen LogP contribution >= 0.6 is 11.6 Å². The maximum Gasteiger partial charge on any atom is 0.142 e. The van der Waals surface area contributed by atoms with Crippen molar-refractivity contribution >= 4 is 11.6 Å². The molecule has 0 amide bonds. The van der Waals surface area contributed by atoms with Gasteiger partial charge in [-0.1, -0.05) is 17.7 Å². The van der Waals surface area contributed by atoms with Gasteiger partial charge in [-0.15, -0.1) is 0 Å². The summed E-state index contributed by atoms with van der Waals surface area (Å²) in [5.74, 6) is -0.378. The van der Waals surface area contributed by atoms with Crippen LogP contribution in [-0.4, -0.2) is 16.5 Å². The van der Waals surface area contributed by atoms with Gasteiger partial charge in [0.15, 0.2) is 0 Å². The van der Waals surface area contributed by atoms with Gasteiger partial charge in [-0.05, 0) is 24.6 Å². The maximum atomic E-state index is 13.3. The predicted molar refractivity (Wildman–Crippen MR) is 70.1 cm³/mol. The number of imidazole rings is 1. The topological polar surface area (TPSA) is 40.7 Å². The first-order valence-corrected chi connectivity index (χ1v) is 6.20. The molecule has 1 atom stereocenters. The molecule has 1 heterocycles. The zero-order valence-electron chi connectivity index (χ0n) is 10.1. The number of nitrogens with zero attached hydrogens (tertiary/aromatic N) is 1. The standard InChI is InChI=1S/C13H15ClFN3/c1-9(10-2-3-12(14)13(15)6-10)17-5-4-11-7-16-8-18-11/h2-3,6-9,17H,4-5H2,1H3,(H,16,18). The quantitative estimate of drug-likeness (QED) is 0.874. The first-order valence-electron chi connectivity index (χ1n) is 5.82. The molecule has 2 rings (SSSR count). The highest BCUT2D eigenvalue weighted by atomic mass is 35.5. The van der Waals surface area contributed by atoms with Gasteiger partial charge < -0.3 is 10.3 Å². The third kappa shape index (κ3) is 3.31. The molecule has 3 nitrogen and oxygen atoms in total. The summed E-state index contributed by atoms with van der Waals surface area (Å²) in [5, 5.41) is 3.48. The Balaban J connectivity index is 1.87. The summed E-state index contributed by atoms with van der Waals surface area (Å²) in [6.07, 6.45) is 4.32. The molecular formula is C13H15ClFN3. The predicted octanol–water partition coefficient (Wildman–Crippen LogP) is 3.10. The summed E-state index contributed by atoms with van der Waals surface area (Å²) < 4.78 is 13.3. The van der Waals surface area contributed by atoms with Crippen LogP contribution < -0.4 is 5.32 Å². The van der Waals surface area contributed by atoms with E-state index in [4.69, 9.17) is 11.6 Å². The smallest absolute Gasteiger partial charge is 0.142 e. The normalized spacial score (nSPS) is 12.6. The van der Waals surface area contributed by atoms with Crippen molar-refractivity contribution in [2.75, 3.05) is 6.54 Å². The van der Waals surface area contributed by atoms with Gasteiger partial charge in [0.2, 0.25) is 0 Å². The molecule has 0 bridgehead atoms. The minimum atomic E-state index is -0.378. The minimum Gasteiger partial charge on any atom is -0.348 e. The second kappa shape index (κ2) is 5.98. The second-order valence-corrected chi connectivity index (χ2v) is 4.58. The zero-order chi connectivity index (χ0) is 13.0. The molecule has 0 saturated heterocycles. The van der Waals surface area contributed by atoms with E-state index < -0.39 is 0 Å². The Hall–Kier alpha value is -1.39. The molecule has 1 aromatic heterocycles. The van der Waals surface area contributed by atoms with Crippen molar-refractivity contribution in [1.29, 1.82) is 0 Å². The molecule has 0 aliphatic carbocycles. The van der Waals surface area contributed by atoms with E-state index in [9.17, 15) is 4.39 Å². The first-order chi connectivity index (χ1) is 8.66. The van der Waals surface area contributed by atoms with Crippen LogP contribution in [0.3, 0.4) is 0 Å². The Morgan fingerprint density at radius 3 is 3.00 bits per heavy atom. The summed E-state index contributed by atoms with van der Waals surface area (Å²) in [7, 11) is 0.